The van der Waals surface area contributed by atoms with Gasteiger partial charge in [-0.1, -0.05) is 15.9 Å². The topological polar surface area (TPSA) is 25.0 Å². The first kappa shape index (κ1) is 10.7. The molecule has 17 heavy (non-hydrogen) atoms. The van der Waals surface area contributed by atoms with E-state index in [0.717, 1.165) is 15.7 Å². The third kappa shape index (κ3) is 1.62. The molecule has 1 N–H and O–H groups in total. The van der Waals surface area contributed by atoms with Gasteiger partial charge in [0.05, 0.1) is 7.11 Å². The number of hydrogen-bond acceptors (Lipinski definition) is 1. The standard InChI is InChI=1S/C14H12BrNO/c1-8-5-10(17-2)7-12-11-6-9(15)3-4-13(11)16-14(8)12/h3-7,16H,1-2H3. The molecule has 0 unspecified atom stereocenters. The number of halogens is 1. The lowest BCUT2D eigenvalue weighted by Crippen LogP contribution is -1.84. The molecule has 0 fully saturated rings. The summed E-state index contributed by atoms with van der Waals surface area (Å²) >= 11 is 3.51. The van der Waals surface area contributed by atoms with Crippen LogP contribution < -0.4 is 4.74 Å². The molecule has 1 aromatic heterocycles. The number of rotatable bonds is 1. The Kier molecular flexibility index (Phi) is 2.37. The Labute approximate surface area is 108 Å². The molecule has 0 atom stereocenters. The number of nitrogens with one attached hydrogen (secondary N) is 1. The van der Waals surface area contributed by atoms with E-state index in [2.05, 4.69) is 46.0 Å². The van der Waals surface area contributed by atoms with Crippen molar-refractivity contribution in [2.75, 3.05) is 7.11 Å². The smallest absolute Gasteiger partial charge is 0.119 e. The van der Waals surface area contributed by atoms with Crippen LogP contribution in [0.25, 0.3) is 21.8 Å². The number of aryl methyl sites for hydroxylation is 1. The second-order valence-electron chi connectivity index (χ2n) is 4.18. The van der Waals surface area contributed by atoms with E-state index < -0.39 is 0 Å². The van der Waals surface area contributed by atoms with Gasteiger partial charge in [0.1, 0.15) is 5.75 Å². The van der Waals surface area contributed by atoms with E-state index in [1.165, 1.54) is 21.9 Å². The molecule has 0 saturated carbocycles. The van der Waals surface area contributed by atoms with Crippen molar-refractivity contribution >= 4 is 37.7 Å². The van der Waals surface area contributed by atoms with Crippen molar-refractivity contribution < 1.29 is 4.74 Å². The Morgan fingerprint density at radius 3 is 2.71 bits per heavy atom. The van der Waals surface area contributed by atoms with Gasteiger partial charge in [0.25, 0.3) is 0 Å². The number of fused-ring (bicyclic) bond motifs is 3. The fraction of sp³-hybridized carbons (Fsp3) is 0.143. The van der Waals surface area contributed by atoms with E-state index in [1.54, 1.807) is 7.11 Å². The van der Waals surface area contributed by atoms with Gasteiger partial charge in [0.15, 0.2) is 0 Å². The van der Waals surface area contributed by atoms with Crippen molar-refractivity contribution in [3.05, 3.63) is 40.4 Å². The second kappa shape index (κ2) is 3.77. The highest BCUT2D eigenvalue weighted by Crippen LogP contribution is 2.32. The number of hydrogen-bond donors (Lipinski definition) is 1. The second-order valence-corrected chi connectivity index (χ2v) is 5.10. The third-order valence-corrected chi connectivity index (χ3v) is 3.57. The summed E-state index contributed by atoms with van der Waals surface area (Å²) in [6.45, 7) is 2.09. The first-order chi connectivity index (χ1) is 8.19. The Hall–Kier alpha value is -1.48. The molecule has 0 radical (unpaired) electrons. The molecule has 86 valence electrons. The lowest BCUT2D eigenvalue weighted by atomic mass is 10.1. The number of aromatic amines is 1. The summed E-state index contributed by atoms with van der Waals surface area (Å²) in [7, 11) is 1.70. The summed E-state index contributed by atoms with van der Waals surface area (Å²) in [5.41, 5.74) is 3.53. The summed E-state index contributed by atoms with van der Waals surface area (Å²) < 4.78 is 6.42. The molecule has 0 aliphatic carbocycles. The molecule has 0 spiro atoms. The maximum Gasteiger partial charge on any atom is 0.119 e. The number of ether oxygens (including phenoxy) is 1. The summed E-state index contributed by atoms with van der Waals surface area (Å²) in [4.78, 5) is 3.45. The average molecular weight is 290 g/mol. The molecular weight excluding hydrogens is 278 g/mol. The number of methoxy groups -OCH3 is 1. The molecule has 0 saturated heterocycles. The fourth-order valence-corrected chi connectivity index (χ4v) is 2.59. The van der Waals surface area contributed by atoms with Crippen LogP contribution >= 0.6 is 15.9 Å². The van der Waals surface area contributed by atoms with E-state index in [9.17, 15) is 0 Å². The van der Waals surface area contributed by atoms with Crippen molar-refractivity contribution in [1.29, 1.82) is 0 Å². The zero-order chi connectivity index (χ0) is 12.0. The first-order valence-corrected chi connectivity index (χ1v) is 6.24. The highest BCUT2D eigenvalue weighted by molar-refractivity contribution is 9.10. The van der Waals surface area contributed by atoms with Crippen LogP contribution in [0.15, 0.2) is 34.8 Å². The van der Waals surface area contributed by atoms with Crippen LogP contribution in [0.3, 0.4) is 0 Å². The number of benzene rings is 2. The molecule has 3 heteroatoms. The van der Waals surface area contributed by atoms with Crippen molar-refractivity contribution in [2.24, 2.45) is 0 Å². The van der Waals surface area contributed by atoms with Crippen LogP contribution in [0.4, 0.5) is 0 Å². The Morgan fingerprint density at radius 1 is 1.12 bits per heavy atom. The number of H-pyrrole nitrogens is 1. The maximum atomic E-state index is 5.33. The third-order valence-electron chi connectivity index (χ3n) is 3.08. The molecule has 2 aromatic carbocycles. The lowest BCUT2D eigenvalue weighted by Gasteiger charge is -2.02. The van der Waals surface area contributed by atoms with E-state index in [4.69, 9.17) is 4.74 Å². The van der Waals surface area contributed by atoms with Crippen LogP contribution in [0, 0.1) is 6.92 Å². The minimum absolute atomic E-state index is 0.899. The van der Waals surface area contributed by atoms with Gasteiger partial charge >= 0.3 is 0 Å². The molecular formula is C14H12BrNO. The molecule has 3 aromatic rings. The SMILES string of the molecule is COc1cc(C)c2[nH]c3ccc(Br)cc3c2c1. The van der Waals surface area contributed by atoms with Crippen LogP contribution in [0.1, 0.15) is 5.56 Å². The number of aromatic nitrogens is 1. The van der Waals surface area contributed by atoms with Crippen LogP contribution in [-0.2, 0) is 0 Å². The van der Waals surface area contributed by atoms with Gasteiger partial charge < -0.3 is 9.72 Å². The van der Waals surface area contributed by atoms with Gasteiger partial charge in [-0.25, -0.2) is 0 Å². The molecule has 0 amide bonds. The highest BCUT2D eigenvalue weighted by Gasteiger charge is 2.08. The Bertz CT molecular complexity index is 715. The average Bonchev–Trinajstić information content (AvgIpc) is 2.68. The van der Waals surface area contributed by atoms with Crippen molar-refractivity contribution in [3.63, 3.8) is 0 Å². The summed E-state index contributed by atoms with van der Waals surface area (Å²) in [5, 5.41) is 2.43. The fourth-order valence-electron chi connectivity index (χ4n) is 2.23. The van der Waals surface area contributed by atoms with E-state index >= 15 is 0 Å². The van der Waals surface area contributed by atoms with Crippen molar-refractivity contribution in [3.8, 4) is 5.75 Å². The largest absolute Gasteiger partial charge is 0.497 e. The van der Waals surface area contributed by atoms with Crippen molar-refractivity contribution in [2.45, 2.75) is 6.92 Å². The predicted octanol–water partition coefficient (Wildman–Crippen LogP) is 4.40. The van der Waals surface area contributed by atoms with Crippen molar-refractivity contribution in [1.82, 2.24) is 4.98 Å². The Morgan fingerprint density at radius 2 is 1.94 bits per heavy atom. The summed E-state index contributed by atoms with van der Waals surface area (Å²) in [6, 6.07) is 10.4. The molecule has 0 aliphatic heterocycles. The van der Waals surface area contributed by atoms with E-state index in [-0.39, 0.29) is 0 Å². The first-order valence-electron chi connectivity index (χ1n) is 5.44. The highest BCUT2D eigenvalue weighted by atomic mass is 79.9. The summed E-state index contributed by atoms with van der Waals surface area (Å²) in [6.07, 6.45) is 0. The zero-order valence-corrected chi connectivity index (χ0v) is 11.3. The van der Waals surface area contributed by atoms with E-state index in [0.29, 0.717) is 0 Å². The minimum atomic E-state index is 0.899. The van der Waals surface area contributed by atoms with Crippen LogP contribution in [-0.4, -0.2) is 12.1 Å². The quantitative estimate of drug-likeness (QED) is 0.706. The molecule has 0 aliphatic rings. The zero-order valence-electron chi connectivity index (χ0n) is 9.67. The van der Waals surface area contributed by atoms with Crippen LogP contribution in [0.5, 0.6) is 5.75 Å². The summed E-state index contributed by atoms with van der Waals surface area (Å²) in [5.74, 6) is 0.899. The molecule has 1 heterocycles. The van der Waals surface area contributed by atoms with Gasteiger partial charge in [-0.3, -0.25) is 0 Å². The van der Waals surface area contributed by atoms with Crippen LogP contribution in [0.2, 0.25) is 0 Å². The predicted molar refractivity (Wildman–Crippen MR) is 74.8 cm³/mol. The molecule has 3 rings (SSSR count). The minimum Gasteiger partial charge on any atom is -0.497 e. The van der Waals surface area contributed by atoms with Gasteiger partial charge in [-0.15, -0.1) is 0 Å². The normalized spacial score (nSPS) is 11.2. The molecule has 0 bridgehead atoms. The maximum absolute atomic E-state index is 5.33. The Balaban J connectivity index is 2.49. The van der Waals surface area contributed by atoms with Gasteiger partial charge in [-0.05, 0) is 42.8 Å². The monoisotopic (exact) mass is 289 g/mol. The lowest BCUT2D eigenvalue weighted by molar-refractivity contribution is 0.415. The van der Waals surface area contributed by atoms with Gasteiger partial charge in [0, 0.05) is 26.3 Å². The van der Waals surface area contributed by atoms with Gasteiger partial charge in [0.2, 0.25) is 0 Å². The van der Waals surface area contributed by atoms with E-state index in [1.807, 2.05) is 12.1 Å². The molecule has 2 nitrogen and oxygen atoms in total. The van der Waals surface area contributed by atoms with Gasteiger partial charge in [-0.2, -0.15) is 0 Å².